The predicted octanol–water partition coefficient (Wildman–Crippen LogP) is 1.57. The van der Waals surface area contributed by atoms with Crippen molar-refractivity contribution in [1.82, 2.24) is 10.6 Å². The minimum Gasteiger partial charge on any atom is -0.507 e. The highest BCUT2D eigenvalue weighted by Gasteiger charge is 2.32. The second kappa shape index (κ2) is 6.56. The summed E-state index contributed by atoms with van der Waals surface area (Å²) in [7, 11) is 1.55. The zero-order chi connectivity index (χ0) is 15.4. The summed E-state index contributed by atoms with van der Waals surface area (Å²) < 4.78 is 13.7. The molecule has 0 radical (unpaired) electrons. The Balaban J connectivity index is 2.15. The van der Waals surface area contributed by atoms with Gasteiger partial charge in [0.1, 0.15) is 17.1 Å². The van der Waals surface area contributed by atoms with Gasteiger partial charge in [-0.1, -0.05) is 18.9 Å². The maximum absolute atomic E-state index is 13.7. The summed E-state index contributed by atoms with van der Waals surface area (Å²) in [4.78, 5) is 24.0. The van der Waals surface area contributed by atoms with Gasteiger partial charge in [-0.05, 0) is 25.0 Å². The molecule has 1 aliphatic carbocycles. The van der Waals surface area contributed by atoms with Crippen molar-refractivity contribution < 1.29 is 19.1 Å². The molecular weight excluding hydrogens is 275 g/mol. The van der Waals surface area contributed by atoms with E-state index in [0.29, 0.717) is 12.8 Å². The summed E-state index contributed by atoms with van der Waals surface area (Å²) in [5, 5.41) is 14.9. The molecule has 1 saturated carbocycles. The molecule has 1 aromatic carbocycles. The third-order valence-electron chi connectivity index (χ3n) is 3.88. The number of hydrogen-bond acceptors (Lipinski definition) is 3. The first-order valence-electron chi connectivity index (χ1n) is 7.04. The molecule has 2 atom stereocenters. The van der Waals surface area contributed by atoms with Gasteiger partial charge in [-0.2, -0.15) is 0 Å². The van der Waals surface area contributed by atoms with Crippen LogP contribution in [0.15, 0.2) is 18.2 Å². The molecular formula is C15H19FN2O3. The van der Waals surface area contributed by atoms with E-state index in [9.17, 15) is 19.1 Å². The van der Waals surface area contributed by atoms with E-state index in [1.54, 1.807) is 7.05 Å². The summed E-state index contributed by atoms with van der Waals surface area (Å²) >= 11 is 0. The molecule has 1 aliphatic rings. The number of phenolic OH excluding ortho intramolecular Hbond substituents is 1. The first kappa shape index (κ1) is 15.3. The van der Waals surface area contributed by atoms with Crippen LogP contribution in [0.3, 0.4) is 0 Å². The molecule has 0 aromatic heterocycles. The van der Waals surface area contributed by atoms with Crippen molar-refractivity contribution in [2.45, 2.75) is 31.7 Å². The number of phenols is 1. The molecule has 0 heterocycles. The second-order valence-corrected chi connectivity index (χ2v) is 5.22. The summed E-state index contributed by atoms with van der Waals surface area (Å²) in [5.41, 5.74) is -0.376. The normalized spacial score (nSPS) is 21.6. The third kappa shape index (κ3) is 3.32. The lowest BCUT2D eigenvalue weighted by Crippen LogP contribution is -2.47. The number of nitrogens with one attached hydrogen (secondary N) is 2. The van der Waals surface area contributed by atoms with Crippen molar-refractivity contribution in [1.29, 1.82) is 0 Å². The van der Waals surface area contributed by atoms with Gasteiger partial charge >= 0.3 is 0 Å². The monoisotopic (exact) mass is 294 g/mol. The molecule has 0 saturated heterocycles. The Morgan fingerprint density at radius 1 is 1.29 bits per heavy atom. The SMILES string of the molecule is CNC(=O)[C@H]1CCCC[C@@H]1NC(=O)c1c(O)cccc1F. The van der Waals surface area contributed by atoms with E-state index in [1.165, 1.54) is 12.1 Å². The van der Waals surface area contributed by atoms with Gasteiger partial charge < -0.3 is 15.7 Å². The van der Waals surface area contributed by atoms with E-state index in [2.05, 4.69) is 10.6 Å². The molecule has 2 rings (SSSR count). The number of hydrogen-bond donors (Lipinski definition) is 3. The van der Waals surface area contributed by atoms with Crippen molar-refractivity contribution in [3.8, 4) is 5.75 Å². The largest absolute Gasteiger partial charge is 0.507 e. The van der Waals surface area contributed by atoms with E-state index in [1.807, 2.05) is 0 Å². The number of aromatic hydroxyl groups is 1. The second-order valence-electron chi connectivity index (χ2n) is 5.22. The van der Waals surface area contributed by atoms with Crippen LogP contribution in [0.5, 0.6) is 5.75 Å². The average molecular weight is 294 g/mol. The highest BCUT2D eigenvalue weighted by Crippen LogP contribution is 2.26. The molecule has 2 amide bonds. The molecule has 114 valence electrons. The summed E-state index contributed by atoms with van der Waals surface area (Å²) in [5.74, 6) is -2.31. The number of carbonyl (C=O) groups is 2. The lowest BCUT2D eigenvalue weighted by Gasteiger charge is -2.31. The molecule has 5 nitrogen and oxygen atoms in total. The summed E-state index contributed by atoms with van der Waals surface area (Å²) in [6.07, 6.45) is 3.18. The minimum atomic E-state index is -0.778. The number of benzene rings is 1. The van der Waals surface area contributed by atoms with Crippen LogP contribution in [-0.2, 0) is 4.79 Å². The van der Waals surface area contributed by atoms with Gasteiger partial charge in [0.15, 0.2) is 0 Å². The van der Waals surface area contributed by atoms with Crippen molar-refractivity contribution in [3.63, 3.8) is 0 Å². The Hall–Kier alpha value is -2.11. The molecule has 0 aliphatic heterocycles. The lowest BCUT2D eigenvalue weighted by atomic mass is 9.83. The molecule has 0 bridgehead atoms. The van der Waals surface area contributed by atoms with Gasteiger partial charge in [-0.15, -0.1) is 0 Å². The Labute approximate surface area is 122 Å². The fourth-order valence-electron chi connectivity index (χ4n) is 2.78. The van der Waals surface area contributed by atoms with Crippen molar-refractivity contribution >= 4 is 11.8 Å². The van der Waals surface area contributed by atoms with Crippen molar-refractivity contribution in [2.75, 3.05) is 7.05 Å². The Bertz CT molecular complexity index is 527. The Morgan fingerprint density at radius 2 is 2.00 bits per heavy atom. The molecule has 0 spiro atoms. The van der Waals surface area contributed by atoms with E-state index in [0.717, 1.165) is 18.9 Å². The molecule has 1 aromatic rings. The van der Waals surface area contributed by atoms with Gasteiger partial charge in [0, 0.05) is 13.1 Å². The van der Waals surface area contributed by atoms with Gasteiger partial charge in [0.05, 0.1) is 5.92 Å². The zero-order valence-electron chi connectivity index (χ0n) is 11.9. The number of rotatable bonds is 3. The van der Waals surface area contributed by atoms with E-state index in [4.69, 9.17) is 0 Å². The molecule has 0 unspecified atom stereocenters. The van der Waals surface area contributed by atoms with E-state index >= 15 is 0 Å². The van der Waals surface area contributed by atoms with Crippen LogP contribution in [0.4, 0.5) is 4.39 Å². The predicted molar refractivity (Wildman–Crippen MR) is 75.3 cm³/mol. The van der Waals surface area contributed by atoms with Gasteiger partial charge in [-0.3, -0.25) is 9.59 Å². The Morgan fingerprint density at radius 3 is 2.67 bits per heavy atom. The fraction of sp³-hybridized carbons (Fsp3) is 0.467. The van der Waals surface area contributed by atoms with Crippen molar-refractivity contribution in [2.24, 2.45) is 5.92 Å². The van der Waals surface area contributed by atoms with Crippen LogP contribution in [0, 0.1) is 11.7 Å². The third-order valence-corrected chi connectivity index (χ3v) is 3.88. The van der Waals surface area contributed by atoms with Crippen LogP contribution in [-0.4, -0.2) is 30.0 Å². The maximum Gasteiger partial charge on any atom is 0.258 e. The van der Waals surface area contributed by atoms with Crippen LogP contribution in [0.1, 0.15) is 36.0 Å². The lowest BCUT2D eigenvalue weighted by molar-refractivity contribution is -0.126. The smallest absolute Gasteiger partial charge is 0.258 e. The van der Waals surface area contributed by atoms with Gasteiger partial charge in [0.25, 0.3) is 5.91 Å². The Kier molecular flexibility index (Phi) is 4.77. The topological polar surface area (TPSA) is 78.4 Å². The van der Waals surface area contributed by atoms with Crippen LogP contribution in [0.2, 0.25) is 0 Å². The van der Waals surface area contributed by atoms with Crippen LogP contribution < -0.4 is 10.6 Å². The summed E-state index contributed by atoms with van der Waals surface area (Å²) in [6, 6.07) is 3.36. The standard InChI is InChI=1S/C15H19FN2O3/c1-17-14(20)9-5-2-3-7-11(9)18-15(21)13-10(16)6-4-8-12(13)19/h4,6,8-9,11,19H,2-3,5,7H2,1H3,(H,17,20)(H,18,21)/t9-,11-/m0/s1. The number of carbonyl (C=O) groups excluding carboxylic acids is 2. The molecule has 21 heavy (non-hydrogen) atoms. The first-order chi connectivity index (χ1) is 10.0. The number of amides is 2. The molecule has 3 N–H and O–H groups in total. The van der Waals surface area contributed by atoms with Crippen molar-refractivity contribution in [3.05, 3.63) is 29.6 Å². The van der Waals surface area contributed by atoms with Crippen LogP contribution >= 0.6 is 0 Å². The molecule has 6 heteroatoms. The quantitative estimate of drug-likeness (QED) is 0.791. The minimum absolute atomic E-state index is 0.127. The number of halogens is 1. The average Bonchev–Trinajstić information content (AvgIpc) is 2.47. The first-order valence-corrected chi connectivity index (χ1v) is 7.04. The van der Waals surface area contributed by atoms with Gasteiger partial charge in [0.2, 0.25) is 5.91 Å². The maximum atomic E-state index is 13.7. The zero-order valence-corrected chi connectivity index (χ0v) is 11.9. The fourth-order valence-corrected chi connectivity index (χ4v) is 2.78. The van der Waals surface area contributed by atoms with E-state index < -0.39 is 17.5 Å². The molecule has 1 fully saturated rings. The highest BCUT2D eigenvalue weighted by molar-refractivity contribution is 5.97. The highest BCUT2D eigenvalue weighted by atomic mass is 19.1. The summed E-state index contributed by atoms with van der Waals surface area (Å²) in [6.45, 7) is 0. The van der Waals surface area contributed by atoms with Crippen LogP contribution in [0.25, 0.3) is 0 Å². The van der Waals surface area contributed by atoms with Gasteiger partial charge in [-0.25, -0.2) is 4.39 Å². The van der Waals surface area contributed by atoms with E-state index in [-0.39, 0.29) is 23.4 Å².